The van der Waals surface area contributed by atoms with Crippen LogP contribution >= 0.6 is 0 Å². The maximum Gasteiger partial charge on any atom is -0.0360 e. The van der Waals surface area contributed by atoms with Crippen LogP contribution in [0.4, 0.5) is 0 Å². The minimum absolute atomic E-state index is 0.945. The van der Waals surface area contributed by atoms with Crippen molar-refractivity contribution in [2.45, 2.75) is 66.2 Å². The Labute approximate surface area is 90.5 Å². The summed E-state index contributed by atoms with van der Waals surface area (Å²) >= 11 is 0. The average molecular weight is 196 g/mol. The molecule has 0 bridgehead atoms. The Hall–Kier alpha value is 0. The molecule has 0 N–H and O–H groups in total. The third-order valence-corrected chi connectivity index (χ3v) is 4.51. The van der Waals surface area contributed by atoms with Gasteiger partial charge in [-0.25, -0.2) is 0 Å². The highest BCUT2D eigenvalue weighted by atomic mass is 14.4. The fourth-order valence-electron chi connectivity index (χ4n) is 3.17. The first-order chi connectivity index (χ1) is 6.66. The Morgan fingerprint density at radius 2 is 1.93 bits per heavy atom. The SMILES string of the molecule is CCCCC(C)C(C)C1CCCC1C. The third-order valence-electron chi connectivity index (χ3n) is 4.51. The summed E-state index contributed by atoms with van der Waals surface area (Å²) in [5.41, 5.74) is 0. The van der Waals surface area contributed by atoms with Gasteiger partial charge in [-0.3, -0.25) is 0 Å². The molecule has 1 saturated carbocycles. The van der Waals surface area contributed by atoms with Crippen molar-refractivity contribution in [1.29, 1.82) is 0 Å². The Bertz CT molecular complexity index is 150. The maximum atomic E-state index is 2.49. The van der Waals surface area contributed by atoms with E-state index >= 15 is 0 Å². The zero-order chi connectivity index (χ0) is 10.6. The fraction of sp³-hybridized carbons (Fsp3) is 1.00. The van der Waals surface area contributed by atoms with Gasteiger partial charge in [0.2, 0.25) is 0 Å². The standard InChI is InChI=1S/C14H28/c1-5-6-8-11(2)13(4)14-10-7-9-12(14)3/h11-14H,5-10H2,1-4H3. The molecule has 0 nitrogen and oxygen atoms in total. The molecule has 1 aliphatic carbocycles. The molecule has 0 aliphatic heterocycles. The summed E-state index contributed by atoms with van der Waals surface area (Å²) in [5.74, 6) is 3.93. The van der Waals surface area contributed by atoms with E-state index in [-0.39, 0.29) is 0 Å². The Morgan fingerprint density at radius 3 is 2.43 bits per heavy atom. The first-order valence-corrected chi connectivity index (χ1v) is 6.66. The largest absolute Gasteiger partial charge is 0.0654 e. The molecule has 0 heterocycles. The second-order valence-corrected chi connectivity index (χ2v) is 5.55. The highest BCUT2D eigenvalue weighted by Crippen LogP contribution is 2.40. The van der Waals surface area contributed by atoms with Gasteiger partial charge in [-0.1, -0.05) is 59.8 Å². The van der Waals surface area contributed by atoms with Gasteiger partial charge < -0.3 is 0 Å². The molecule has 84 valence electrons. The van der Waals surface area contributed by atoms with Crippen LogP contribution in [0.15, 0.2) is 0 Å². The van der Waals surface area contributed by atoms with Crippen molar-refractivity contribution in [3.63, 3.8) is 0 Å². The van der Waals surface area contributed by atoms with Gasteiger partial charge in [0.05, 0.1) is 0 Å². The molecule has 1 rings (SSSR count). The van der Waals surface area contributed by atoms with Crippen LogP contribution in [0.1, 0.15) is 66.2 Å². The van der Waals surface area contributed by atoms with Gasteiger partial charge in [-0.15, -0.1) is 0 Å². The van der Waals surface area contributed by atoms with Gasteiger partial charge >= 0.3 is 0 Å². The Morgan fingerprint density at radius 1 is 1.21 bits per heavy atom. The van der Waals surface area contributed by atoms with Crippen molar-refractivity contribution in [2.24, 2.45) is 23.7 Å². The van der Waals surface area contributed by atoms with Crippen molar-refractivity contribution in [3.05, 3.63) is 0 Å². The third kappa shape index (κ3) is 3.00. The van der Waals surface area contributed by atoms with E-state index in [0.717, 1.165) is 23.7 Å². The predicted molar refractivity (Wildman–Crippen MR) is 64.4 cm³/mol. The van der Waals surface area contributed by atoms with Crippen LogP contribution in [0.5, 0.6) is 0 Å². The van der Waals surface area contributed by atoms with Crippen LogP contribution in [0.2, 0.25) is 0 Å². The van der Waals surface area contributed by atoms with E-state index in [1.165, 1.54) is 38.5 Å². The molecule has 4 unspecified atom stereocenters. The van der Waals surface area contributed by atoms with Crippen LogP contribution in [-0.4, -0.2) is 0 Å². The van der Waals surface area contributed by atoms with Crippen LogP contribution in [-0.2, 0) is 0 Å². The minimum Gasteiger partial charge on any atom is -0.0654 e. The van der Waals surface area contributed by atoms with Gasteiger partial charge in [0.15, 0.2) is 0 Å². The molecule has 0 amide bonds. The van der Waals surface area contributed by atoms with Crippen molar-refractivity contribution in [3.8, 4) is 0 Å². The molecule has 4 atom stereocenters. The van der Waals surface area contributed by atoms with E-state index in [1.54, 1.807) is 0 Å². The average Bonchev–Trinajstić information content (AvgIpc) is 2.59. The van der Waals surface area contributed by atoms with Crippen LogP contribution in [0, 0.1) is 23.7 Å². The molecule has 1 aliphatic rings. The lowest BCUT2D eigenvalue weighted by Gasteiger charge is -2.28. The summed E-state index contributed by atoms with van der Waals surface area (Å²) in [6.07, 6.45) is 8.69. The number of hydrogen-bond acceptors (Lipinski definition) is 0. The normalized spacial score (nSPS) is 31.7. The first-order valence-electron chi connectivity index (χ1n) is 6.66. The Kier molecular flexibility index (Phi) is 4.98. The molecule has 0 heteroatoms. The molecule has 14 heavy (non-hydrogen) atoms. The molecule has 0 spiro atoms. The lowest BCUT2D eigenvalue weighted by molar-refractivity contribution is 0.210. The van der Waals surface area contributed by atoms with Gasteiger partial charge in [-0.2, -0.15) is 0 Å². The second-order valence-electron chi connectivity index (χ2n) is 5.55. The summed E-state index contributed by atoms with van der Waals surface area (Å²) in [6, 6.07) is 0. The van der Waals surface area contributed by atoms with Crippen LogP contribution in [0.3, 0.4) is 0 Å². The topological polar surface area (TPSA) is 0 Å². The summed E-state index contributed by atoms with van der Waals surface area (Å²) < 4.78 is 0. The maximum absolute atomic E-state index is 2.49. The van der Waals surface area contributed by atoms with Crippen LogP contribution < -0.4 is 0 Å². The van der Waals surface area contributed by atoms with Crippen molar-refractivity contribution in [1.82, 2.24) is 0 Å². The quantitative estimate of drug-likeness (QED) is 0.587. The highest BCUT2D eigenvalue weighted by Gasteiger charge is 2.30. The van der Waals surface area contributed by atoms with Crippen molar-refractivity contribution < 1.29 is 0 Å². The molecule has 0 aromatic carbocycles. The molecule has 0 saturated heterocycles. The van der Waals surface area contributed by atoms with Crippen molar-refractivity contribution in [2.75, 3.05) is 0 Å². The molecule has 0 radical (unpaired) electrons. The van der Waals surface area contributed by atoms with E-state index in [9.17, 15) is 0 Å². The second kappa shape index (κ2) is 5.78. The minimum atomic E-state index is 0.945. The van der Waals surface area contributed by atoms with Crippen molar-refractivity contribution >= 4 is 0 Å². The number of unbranched alkanes of at least 4 members (excludes halogenated alkanes) is 1. The lowest BCUT2D eigenvalue weighted by atomic mass is 9.77. The summed E-state index contributed by atoms with van der Waals surface area (Å²) in [5, 5.41) is 0. The van der Waals surface area contributed by atoms with E-state index in [0.29, 0.717) is 0 Å². The first kappa shape index (κ1) is 12.1. The zero-order valence-corrected chi connectivity index (χ0v) is 10.6. The summed E-state index contributed by atoms with van der Waals surface area (Å²) in [4.78, 5) is 0. The number of hydrogen-bond donors (Lipinski definition) is 0. The van der Waals surface area contributed by atoms with E-state index in [4.69, 9.17) is 0 Å². The van der Waals surface area contributed by atoms with E-state index in [2.05, 4.69) is 27.7 Å². The monoisotopic (exact) mass is 196 g/mol. The molecule has 1 fully saturated rings. The zero-order valence-electron chi connectivity index (χ0n) is 10.6. The number of rotatable bonds is 5. The molecule has 0 aromatic heterocycles. The lowest BCUT2D eigenvalue weighted by Crippen LogP contribution is -2.21. The van der Waals surface area contributed by atoms with Gasteiger partial charge in [0.25, 0.3) is 0 Å². The summed E-state index contributed by atoms with van der Waals surface area (Å²) in [7, 11) is 0. The molecular formula is C14H28. The summed E-state index contributed by atoms with van der Waals surface area (Å²) in [6.45, 7) is 9.72. The van der Waals surface area contributed by atoms with E-state index in [1.807, 2.05) is 0 Å². The van der Waals surface area contributed by atoms with E-state index < -0.39 is 0 Å². The van der Waals surface area contributed by atoms with Gasteiger partial charge in [0.1, 0.15) is 0 Å². The Balaban J connectivity index is 2.34. The predicted octanol–water partition coefficient (Wildman–Crippen LogP) is 4.89. The highest BCUT2D eigenvalue weighted by molar-refractivity contribution is 4.80. The van der Waals surface area contributed by atoms with Gasteiger partial charge in [-0.05, 0) is 30.1 Å². The molecule has 0 aromatic rings. The molecular weight excluding hydrogens is 168 g/mol. The fourth-order valence-corrected chi connectivity index (χ4v) is 3.17. The van der Waals surface area contributed by atoms with Crippen LogP contribution in [0.25, 0.3) is 0 Å². The smallest absolute Gasteiger partial charge is 0.0360 e. The van der Waals surface area contributed by atoms with Gasteiger partial charge in [0, 0.05) is 0 Å².